The summed E-state index contributed by atoms with van der Waals surface area (Å²) in [5, 5.41) is 2.95. The van der Waals surface area contributed by atoms with Crippen molar-refractivity contribution in [2.45, 2.75) is 19.1 Å². The first-order valence-electron chi connectivity index (χ1n) is 10.4. The standard InChI is InChI=1S/C26H21F3N2O2/c1-2-24(32)31-13-12-22-20(16-31)14-19(17-8-10-21(11-9-17)26(27,28)29)15-23(22)30-25(33)18-6-4-3-5-7-18/h2-11,14-15H,1,12-13,16H2,(H,30,33). The molecule has 0 atom stereocenters. The van der Waals surface area contributed by atoms with Gasteiger partial charge in [0, 0.05) is 24.3 Å². The molecule has 4 rings (SSSR count). The molecule has 0 unspecified atom stereocenters. The van der Waals surface area contributed by atoms with Crippen LogP contribution in [0.5, 0.6) is 0 Å². The van der Waals surface area contributed by atoms with Crippen LogP contribution in [0.25, 0.3) is 11.1 Å². The van der Waals surface area contributed by atoms with E-state index in [9.17, 15) is 22.8 Å². The molecule has 168 valence electrons. The molecule has 7 heteroatoms. The first-order valence-corrected chi connectivity index (χ1v) is 10.4. The van der Waals surface area contributed by atoms with Crippen molar-refractivity contribution in [1.29, 1.82) is 0 Å². The number of carbonyl (C=O) groups excluding carboxylic acids is 2. The maximum absolute atomic E-state index is 13.0. The minimum Gasteiger partial charge on any atom is -0.335 e. The number of nitrogens with zero attached hydrogens (tertiary/aromatic N) is 1. The number of fused-ring (bicyclic) bond motifs is 1. The first kappa shape index (κ1) is 22.3. The van der Waals surface area contributed by atoms with Crippen LogP contribution in [-0.4, -0.2) is 23.3 Å². The van der Waals surface area contributed by atoms with Crippen molar-refractivity contribution in [3.8, 4) is 11.1 Å². The number of hydrogen-bond donors (Lipinski definition) is 1. The number of alkyl halides is 3. The summed E-state index contributed by atoms with van der Waals surface area (Å²) < 4.78 is 38.9. The Morgan fingerprint density at radius 2 is 1.67 bits per heavy atom. The average Bonchev–Trinajstić information content (AvgIpc) is 2.83. The topological polar surface area (TPSA) is 49.4 Å². The maximum atomic E-state index is 13.0. The molecule has 4 nitrogen and oxygen atoms in total. The number of amides is 2. The smallest absolute Gasteiger partial charge is 0.335 e. The molecule has 33 heavy (non-hydrogen) atoms. The van der Waals surface area contributed by atoms with Crippen molar-refractivity contribution < 1.29 is 22.8 Å². The third-order valence-corrected chi connectivity index (χ3v) is 5.65. The molecule has 2 amide bonds. The lowest BCUT2D eigenvalue weighted by molar-refractivity contribution is -0.137. The highest BCUT2D eigenvalue weighted by molar-refractivity contribution is 6.05. The van der Waals surface area contributed by atoms with E-state index in [-0.39, 0.29) is 11.8 Å². The van der Waals surface area contributed by atoms with Gasteiger partial charge in [-0.25, -0.2) is 0 Å². The quantitative estimate of drug-likeness (QED) is 0.519. The normalized spacial score (nSPS) is 13.2. The summed E-state index contributed by atoms with van der Waals surface area (Å²) >= 11 is 0. The van der Waals surface area contributed by atoms with Crippen molar-refractivity contribution in [1.82, 2.24) is 4.90 Å². The molecular formula is C26H21F3N2O2. The number of nitrogens with one attached hydrogen (secondary N) is 1. The number of carbonyl (C=O) groups is 2. The van der Waals surface area contributed by atoms with Crippen LogP contribution in [0, 0.1) is 0 Å². The van der Waals surface area contributed by atoms with Crippen LogP contribution in [-0.2, 0) is 23.9 Å². The fourth-order valence-electron chi connectivity index (χ4n) is 3.93. The highest BCUT2D eigenvalue weighted by Crippen LogP contribution is 2.35. The molecule has 0 spiro atoms. The van der Waals surface area contributed by atoms with E-state index in [0.29, 0.717) is 41.9 Å². The lowest BCUT2D eigenvalue weighted by atomic mass is 9.92. The van der Waals surface area contributed by atoms with Gasteiger partial charge in [-0.05, 0) is 71.1 Å². The van der Waals surface area contributed by atoms with Crippen molar-refractivity contribution in [3.05, 3.63) is 102 Å². The van der Waals surface area contributed by atoms with E-state index in [4.69, 9.17) is 0 Å². The predicted molar refractivity (Wildman–Crippen MR) is 121 cm³/mol. The molecule has 0 aromatic heterocycles. The summed E-state index contributed by atoms with van der Waals surface area (Å²) in [5.41, 5.74) is 3.31. The summed E-state index contributed by atoms with van der Waals surface area (Å²) in [5.74, 6) is -0.484. The van der Waals surface area contributed by atoms with Gasteiger partial charge in [-0.2, -0.15) is 13.2 Å². The Morgan fingerprint density at radius 1 is 0.970 bits per heavy atom. The SMILES string of the molecule is C=CC(=O)N1CCc2c(cc(-c3ccc(C(F)(F)F)cc3)cc2NC(=O)c2ccccc2)C1. The van der Waals surface area contributed by atoms with Gasteiger partial charge in [0.25, 0.3) is 5.91 Å². The van der Waals surface area contributed by atoms with Crippen LogP contribution in [0.2, 0.25) is 0 Å². The Kier molecular flexibility index (Phi) is 6.05. The summed E-state index contributed by atoms with van der Waals surface area (Å²) in [6, 6.07) is 17.3. The molecule has 3 aromatic rings. The van der Waals surface area contributed by atoms with E-state index >= 15 is 0 Å². The minimum absolute atomic E-state index is 0.199. The Morgan fingerprint density at radius 3 is 2.30 bits per heavy atom. The lowest BCUT2D eigenvalue weighted by Gasteiger charge is -2.30. The molecule has 1 aliphatic rings. The second-order valence-corrected chi connectivity index (χ2v) is 7.77. The highest BCUT2D eigenvalue weighted by Gasteiger charge is 2.30. The van der Waals surface area contributed by atoms with Gasteiger partial charge in [0.15, 0.2) is 0 Å². The van der Waals surface area contributed by atoms with E-state index in [0.717, 1.165) is 23.3 Å². The third kappa shape index (κ3) is 4.82. The van der Waals surface area contributed by atoms with Crippen molar-refractivity contribution in [2.75, 3.05) is 11.9 Å². The molecule has 1 N–H and O–H groups in total. The highest BCUT2D eigenvalue weighted by atomic mass is 19.4. The molecule has 0 aliphatic carbocycles. The summed E-state index contributed by atoms with van der Waals surface area (Å²) in [4.78, 5) is 26.6. The number of benzene rings is 3. The molecule has 0 bridgehead atoms. The zero-order valence-electron chi connectivity index (χ0n) is 17.7. The molecule has 1 heterocycles. The van der Waals surface area contributed by atoms with Crippen LogP contribution in [0.4, 0.5) is 18.9 Å². The van der Waals surface area contributed by atoms with Gasteiger partial charge in [0.1, 0.15) is 0 Å². The second kappa shape index (κ2) is 8.94. The fourth-order valence-corrected chi connectivity index (χ4v) is 3.93. The van der Waals surface area contributed by atoms with Gasteiger partial charge >= 0.3 is 6.18 Å². The maximum Gasteiger partial charge on any atom is 0.416 e. The third-order valence-electron chi connectivity index (χ3n) is 5.65. The van der Waals surface area contributed by atoms with Crippen molar-refractivity contribution in [3.63, 3.8) is 0 Å². The Labute approximate surface area is 189 Å². The van der Waals surface area contributed by atoms with E-state index in [1.165, 1.54) is 18.2 Å². The molecule has 0 radical (unpaired) electrons. The monoisotopic (exact) mass is 450 g/mol. The summed E-state index contributed by atoms with van der Waals surface area (Å²) in [7, 11) is 0. The van der Waals surface area contributed by atoms with Crippen LogP contribution < -0.4 is 5.32 Å². The van der Waals surface area contributed by atoms with Gasteiger partial charge < -0.3 is 10.2 Å². The summed E-state index contributed by atoms with van der Waals surface area (Å²) in [6.45, 7) is 4.34. The molecule has 0 saturated carbocycles. The van der Waals surface area contributed by atoms with Gasteiger partial charge in [-0.3, -0.25) is 9.59 Å². The molecule has 0 fully saturated rings. The Bertz CT molecular complexity index is 1200. The zero-order chi connectivity index (χ0) is 23.6. The Balaban J connectivity index is 1.74. The lowest BCUT2D eigenvalue weighted by Crippen LogP contribution is -2.35. The van der Waals surface area contributed by atoms with Crippen LogP contribution in [0.3, 0.4) is 0 Å². The van der Waals surface area contributed by atoms with E-state index in [1.807, 2.05) is 12.1 Å². The van der Waals surface area contributed by atoms with Crippen LogP contribution in [0.15, 0.2) is 79.4 Å². The predicted octanol–water partition coefficient (Wildman–Crippen LogP) is 5.70. The number of hydrogen-bond acceptors (Lipinski definition) is 2. The molecule has 3 aromatic carbocycles. The van der Waals surface area contributed by atoms with Gasteiger partial charge in [0.2, 0.25) is 5.91 Å². The van der Waals surface area contributed by atoms with Gasteiger partial charge in [-0.15, -0.1) is 0 Å². The number of rotatable bonds is 4. The van der Waals surface area contributed by atoms with Gasteiger partial charge in [0.05, 0.1) is 5.56 Å². The zero-order valence-corrected chi connectivity index (χ0v) is 17.7. The van der Waals surface area contributed by atoms with Crippen molar-refractivity contribution >= 4 is 17.5 Å². The number of halogens is 3. The van der Waals surface area contributed by atoms with E-state index in [2.05, 4.69) is 11.9 Å². The largest absolute Gasteiger partial charge is 0.416 e. The average molecular weight is 450 g/mol. The van der Waals surface area contributed by atoms with E-state index < -0.39 is 11.7 Å². The van der Waals surface area contributed by atoms with Crippen LogP contribution >= 0.6 is 0 Å². The molecule has 1 aliphatic heterocycles. The minimum atomic E-state index is -4.42. The first-order chi connectivity index (χ1) is 15.8. The Hall–Kier alpha value is -3.87. The van der Waals surface area contributed by atoms with Gasteiger partial charge in [-0.1, -0.05) is 36.9 Å². The van der Waals surface area contributed by atoms with E-state index in [1.54, 1.807) is 35.2 Å². The fraction of sp³-hybridized carbons (Fsp3) is 0.154. The summed E-state index contributed by atoms with van der Waals surface area (Å²) in [6.07, 6.45) is -2.63. The molecule has 0 saturated heterocycles. The van der Waals surface area contributed by atoms with Crippen molar-refractivity contribution in [2.24, 2.45) is 0 Å². The second-order valence-electron chi connectivity index (χ2n) is 7.77. The molecular weight excluding hydrogens is 429 g/mol. The number of anilines is 1. The van der Waals surface area contributed by atoms with Crippen LogP contribution in [0.1, 0.15) is 27.0 Å².